The maximum Gasteiger partial charge on any atom is 0.150 e. The van der Waals surface area contributed by atoms with Gasteiger partial charge in [0.05, 0.1) is 0 Å². The van der Waals surface area contributed by atoms with E-state index < -0.39 is 0 Å². The summed E-state index contributed by atoms with van der Waals surface area (Å²) in [7, 11) is 0. The van der Waals surface area contributed by atoms with Crippen LogP contribution in [0.25, 0.3) is 11.1 Å². The summed E-state index contributed by atoms with van der Waals surface area (Å²) in [6, 6.07) is 16.1. The van der Waals surface area contributed by atoms with Crippen molar-refractivity contribution >= 4 is 12.0 Å². The SMILES string of the molecule is CCN(CC)c1ccc(C=O)c(-c2ccccc2)c1. The molecule has 0 saturated carbocycles. The predicted octanol–water partition coefficient (Wildman–Crippen LogP) is 4.01. The number of carbonyl (C=O) groups is 1. The van der Waals surface area contributed by atoms with Crippen LogP contribution in [0.15, 0.2) is 48.5 Å². The molecule has 2 aromatic rings. The fourth-order valence-electron chi connectivity index (χ4n) is 2.30. The summed E-state index contributed by atoms with van der Waals surface area (Å²) in [5.41, 5.74) is 3.98. The van der Waals surface area contributed by atoms with E-state index in [-0.39, 0.29) is 0 Å². The molecule has 0 aliphatic carbocycles. The molecular formula is C17H19NO. The van der Waals surface area contributed by atoms with Gasteiger partial charge >= 0.3 is 0 Å². The molecule has 2 nitrogen and oxygen atoms in total. The maximum absolute atomic E-state index is 11.2. The molecule has 19 heavy (non-hydrogen) atoms. The normalized spacial score (nSPS) is 10.2. The maximum atomic E-state index is 11.2. The van der Waals surface area contributed by atoms with Crippen LogP contribution in [0, 0.1) is 0 Å². The van der Waals surface area contributed by atoms with Crippen LogP contribution in [0.1, 0.15) is 24.2 Å². The highest BCUT2D eigenvalue weighted by molar-refractivity contribution is 5.89. The first kappa shape index (κ1) is 13.3. The summed E-state index contributed by atoms with van der Waals surface area (Å²) in [5.74, 6) is 0. The van der Waals surface area contributed by atoms with Crippen molar-refractivity contribution in [1.82, 2.24) is 0 Å². The lowest BCUT2D eigenvalue weighted by Gasteiger charge is -2.22. The van der Waals surface area contributed by atoms with Gasteiger partial charge in [0.1, 0.15) is 0 Å². The molecule has 0 unspecified atom stereocenters. The van der Waals surface area contributed by atoms with Crippen molar-refractivity contribution in [2.45, 2.75) is 13.8 Å². The monoisotopic (exact) mass is 253 g/mol. The number of hydrogen-bond donors (Lipinski definition) is 0. The van der Waals surface area contributed by atoms with Crippen LogP contribution in [0.5, 0.6) is 0 Å². The second-order valence-corrected chi connectivity index (χ2v) is 4.43. The molecule has 0 atom stereocenters. The van der Waals surface area contributed by atoms with Crippen molar-refractivity contribution in [1.29, 1.82) is 0 Å². The Hall–Kier alpha value is -2.09. The van der Waals surface area contributed by atoms with Gasteiger partial charge in [0.2, 0.25) is 0 Å². The van der Waals surface area contributed by atoms with Crippen LogP contribution in [-0.2, 0) is 0 Å². The summed E-state index contributed by atoms with van der Waals surface area (Å²) >= 11 is 0. The average molecular weight is 253 g/mol. The molecule has 0 heterocycles. The van der Waals surface area contributed by atoms with Gasteiger partial charge in [0.15, 0.2) is 6.29 Å². The molecule has 0 spiro atoms. The molecule has 0 N–H and O–H groups in total. The van der Waals surface area contributed by atoms with Crippen LogP contribution in [0.4, 0.5) is 5.69 Å². The van der Waals surface area contributed by atoms with Crippen LogP contribution in [0.3, 0.4) is 0 Å². The minimum atomic E-state index is 0.738. The van der Waals surface area contributed by atoms with Gasteiger partial charge in [-0.2, -0.15) is 0 Å². The fourth-order valence-corrected chi connectivity index (χ4v) is 2.30. The highest BCUT2D eigenvalue weighted by Gasteiger charge is 2.08. The molecule has 0 aliphatic heterocycles. The zero-order chi connectivity index (χ0) is 13.7. The van der Waals surface area contributed by atoms with E-state index in [0.29, 0.717) is 0 Å². The quantitative estimate of drug-likeness (QED) is 0.750. The number of anilines is 1. The molecule has 2 rings (SSSR count). The molecule has 0 bridgehead atoms. The van der Waals surface area contributed by atoms with Gasteiger partial charge in [-0.25, -0.2) is 0 Å². The van der Waals surface area contributed by atoms with Gasteiger partial charge in [0.25, 0.3) is 0 Å². The number of carbonyl (C=O) groups excluding carboxylic acids is 1. The molecule has 0 radical (unpaired) electrons. The molecule has 2 aromatic carbocycles. The van der Waals surface area contributed by atoms with Crippen molar-refractivity contribution in [3.05, 3.63) is 54.1 Å². The second-order valence-electron chi connectivity index (χ2n) is 4.43. The van der Waals surface area contributed by atoms with E-state index in [0.717, 1.165) is 41.8 Å². The zero-order valence-electron chi connectivity index (χ0n) is 11.5. The van der Waals surface area contributed by atoms with Crippen molar-refractivity contribution < 1.29 is 4.79 Å². The Bertz CT molecular complexity index is 544. The van der Waals surface area contributed by atoms with Crippen LogP contribution < -0.4 is 4.90 Å². The lowest BCUT2D eigenvalue weighted by Crippen LogP contribution is -2.21. The molecule has 0 amide bonds. The Labute approximate surface area is 114 Å². The summed E-state index contributed by atoms with van der Waals surface area (Å²) in [6.45, 7) is 6.20. The van der Waals surface area contributed by atoms with E-state index in [1.165, 1.54) is 0 Å². The van der Waals surface area contributed by atoms with Gasteiger partial charge in [-0.15, -0.1) is 0 Å². The molecule has 2 heteroatoms. The van der Waals surface area contributed by atoms with Crippen LogP contribution >= 0.6 is 0 Å². The Morgan fingerprint density at radius 1 is 1.00 bits per heavy atom. The van der Waals surface area contributed by atoms with Crippen molar-refractivity contribution in [3.8, 4) is 11.1 Å². The summed E-state index contributed by atoms with van der Waals surface area (Å²) in [5, 5.41) is 0. The highest BCUT2D eigenvalue weighted by Crippen LogP contribution is 2.27. The second kappa shape index (κ2) is 6.19. The number of nitrogens with zero attached hydrogens (tertiary/aromatic N) is 1. The third-order valence-electron chi connectivity index (χ3n) is 3.38. The fraction of sp³-hybridized carbons (Fsp3) is 0.235. The lowest BCUT2D eigenvalue weighted by atomic mass is 9.99. The number of hydrogen-bond acceptors (Lipinski definition) is 2. The number of benzene rings is 2. The Morgan fingerprint density at radius 2 is 1.68 bits per heavy atom. The largest absolute Gasteiger partial charge is 0.372 e. The van der Waals surface area contributed by atoms with Crippen molar-refractivity contribution in [2.75, 3.05) is 18.0 Å². The van der Waals surface area contributed by atoms with E-state index in [1.54, 1.807) is 0 Å². The first-order valence-electron chi connectivity index (χ1n) is 6.69. The molecular weight excluding hydrogens is 234 g/mol. The average Bonchev–Trinajstić information content (AvgIpc) is 2.49. The Kier molecular flexibility index (Phi) is 4.35. The Morgan fingerprint density at radius 3 is 2.26 bits per heavy atom. The van der Waals surface area contributed by atoms with E-state index in [1.807, 2.05) is 42.5 Å². The van der Waals surface area contributed by atoms with E-state index in [2.05, 4.69) is 24.8 Å². The molecule has 0 fully saturated rings. The van der Waals surface area contributed by atoms with Gasteiger partial charge in [-0.3, -0.25) is 4.79 Å². The van der Waals surface area contributed by atoms with E-state index in [4.69, 9.17) is 0 Å². The van der Waals surface area contributed by atoms with Crippen molar-refractivity contribution in [2.24, 2.45) is 0 Å². The summed E-state index contributed by atoms with van der Waals surface area (Å²) < 4.78 is 0. The van der Waals surface area contributed by atoms with E-state index in [9.17, 15) is 4.79 Å². The van der Waals surface area contributed by atoms with Crippen LogP contribution in [0.2, 0.25) is 0 Å². The zero-order valence-corrected chi connectivity index (χ0v) is 11.5. The van der Waals surface area contributed by atoms with E-state index >= 15 is 0 Å². The smallest absolute Gasteiger partial charge is 0.150 e. The first-order chi connectivity index (χ1) is 9.30. The standard InChI is InChI=1S/C17H19NO/c1-3-18(4-2)16-11-10-15(13-19)17(12-16)14-8-6-5-7-9-14/h5-13H,3-4H2,1-2H3. The van der Waals surface area contributed by atoms with Gasteiger partial charge in [-0.1, -0.05) is 30.3 Å². The third-order valence-corrected chi connectivity index (χ3v) is 3.38. The minimum Gasteiger partial charge on any atom is -0.372 e. The van der Waals surface area contributed by atoms with Gasteiger partial charge < -0.3 is 4.90 Å². The van der Waals surface area contributed by atoms with Crippen LogP contribution in [-0.4, -0.2) is 19.4 Å². The Balaban J connectivity index is 2.51. The van der Waals surface area contributed by atoms with Crippen molar-refractivity contribution in [3.63, 3.8) is 0 Å². The molecule has 98 valence electrons. The minimum absolute atomic E-state index is 0.738. The predicted molar refractivity (Wildman–Crippen MR) is 80.8 cm³/mol. The summed E-state index contributed by atoms with van der Waals surface area (Å²) in [4.78, 5) is 13.5. The molecule has 0 saturated heterocycles. The molecule has 0 aliphatic rings. The van der Waals surface area contributed by atoms with Gasteiger partial charge in [-0.05, 0) is 43.2 Å². The number of aldehydes is 1. The summed E-state index contributed by atoms with van der Waals surface area (Å²) in [6.07, 6.45) is 0.925. The van der Waals surface area contributed by atoms with Gasteiger partial charge in [0, 0.05) is 24.3 Å². The molecule has 0 aromatic heterocycles. The highest BCUT2D eigenvalue weighted by atomic mass is 16.1. The first-order valence-corrected chi connectivity index (χ1v) is 6.69. The number of rotatable bonds is 5. The topological polar surface area (TPSA) is 20.3 Å². The third kappa shape index (κ3) is 2.84. The lowest BCUT2D eigenvalue weighted by molar-refractivity contribution is 0.112.